The molecule has 0 aromatic heterocycles. The Morgan fingerprint density at radius 2 is 1.88 bits per heavy atom. The van der Waals surface area contributed by atoms with Gasteiger partial charge in [-0.15, -0.1) is 6.58 Å². The summed E-state index contributed by atoms with van der Waals surface area (Å²) in [6, 6.07) is 5.86. The number of benzene rings is 1. The third kappa shape index (κ3) is 5.39. The number of carbonyl (C=O) groups excluding carboxylic acids is 1. The molecule has 0 saturated heterocycles. The van der Waals surface area contributed by atoms with Gasteiger partial charge in [-0.05, 0) is 43.0 Å². The maximum absolute atomic E-state index is 12.4. The Labute approximate surface area is 149 Å². The lowest BCUT2D eigenvalue weighted by atomic mass is 9.84. The van der Waals surface area contributed by atoms with Crippen molar-refractivity contribution in [3.63, 3.8) is 0 Å². The minimum atomic E-state index is -3.58. The summed E-state index contributed by atoms with van der Waals surface area (Å²) >= 11 is 0. The van der Waals surface area contributed by atoms with Gasteiger partial charge in [-0.3, -0.25) is 4.79 Å². The van der Waals surface area contributed by atoms with Crippen LogP contribution in [0.5, 0.6) is 0 Å². The van der Waals surface area contributed by atoms with Gasteiger partial charge in [0.05, 0.1) is 4.90 Å². The van der Waals surface area contributed by atoms with E-state index < -0.39 is 10.0 Å². The van der Waals surface area contributed by atoms with Crippen molar-refractivity contribution in [3.8, 4) is 0 Å². The predicted molar refractivity (Wildman–Crippen MR) is 98.7 cm³/mol. The molecule has 1 aromatic carbocycles. The standard InChI is InChI=1S/C18H27N3O3S/c1-2-12-20-25(23,24)16-10-8-15(9-11-16)18(22)21-17(13-19)14-6-4-3-5-7-14/h2,8-11,14,17,20H,1,3-7,12-13,19H2,(H,21,22). The van der Waals surface area contributed by atoms with E-state index in [2.05, 4.69) is 16.6 Å². The van der Waals surface area contributed by atoms with Crippen LogP contribution in [0, 0.1) is 5.92 Å². The molecule has 4 N–H and O–H groups in total. The monoisotopic (exact) mass is 365 g/mol. The summed E-state index contributed by atoms with van der Waals surface area (Å²) in [5, 5.41) is 3.00. The first-order valence-corrected chi connectivity index (χ1v) is 10.2. The maximum Gasteiger partial charge on any atom is 0.251 e. The first-order valence-electron chi connectivity index (χ1n) is 8.69. The highest BCUT2D eigenvalue weighted by molar-refractivity contribution is 7.89. The number of hydrogen-bond donors (Lipinski definition) is 3. The molecule has 1 aliphatic rings. The highest BCUT2D eigenvalue weighted by Crippen LogP contribution is 2.26. The third-order valence-corrected chi connectivity index (χ3v) is 6.07. The summed E-state index contributed by atoms with van der Waals surface area (Å²) in [5.74, 6) is 0.203. The van der Waals surface area contributed by atoms with Crippen LogP contribution in [0.4, 0.5) is 0 Å². The number of carbonyl (C=O) groups is 1. The Kier molecular flexibility index (Phi) is 7.16. The zero-order chi connectivity index (χ0) is 18.3. The van der Waals surface area contributed by atoms with E-state index >= 15 is 0 Å². The summed E-state index contributed by atoms with van der Waals surface area (Å²) in [7, 11) is -3.58. The number of hydrogen-bond acceptors (Lipinski definition) is 4. The van der Waals surface area contributed by atoms with Gasteiger partial charge in [-0.25, -0.2) is 13.1 Å². The van der Waals surface area contributed by atoms with Crippen LogP contribution in [0.15, 0.2) is 41.8 Å². The lowest BCUT2D eigenvalue weighted by Gasteiger charge is -2.30. The Morgan fingerprint density at radius 3 is 2.44 bits per heavy atom. The summed E-state index contributed by atoms with van der Waals surface area (Å²) in [6.07, 6.45) is 7.26. The van der Waals surface area contributed by atoms with Gasteiger partial charge in [0.1, 0.15) is 0 Å². The van der Waals surface area contributed by atoms with Crippen molar-refractivity contribution in [1.82, 2.24) is 10.0 Å². The highest BCUT2D eigenvalue weighted by atomic mass is 32.2. The van der Waals surface area contributed by atoms with Gasteiger partial charge in [-0.1, -0.05) is 25.3 Å². The largest absolute Gasteiger partial charge is 0.348 e. The molecule has 0 heterocycles. The van der Waals surface area contributed by atoms with E-state index in [4.69, 9.17) is 5.73 Å². The van der Waals surface area contributed by atoms with E-state index in [1.165, 1.54) is 49.6 Å². The van der Waals surface area contributed by atoms with Crippen molar-refractivity contribution in [2.45, 2.75) is 43.0 Å². The normalized spacial score (nSPS) is 17.0. The molecule has 6 nitrogen and oxygen atoms in total. The average Bonchev–Trinajstić information content (AvgIpc) is 2.65. The first kappa shape index (κ1) is 19.6. The summed E-state index contributed by atoms with van der Waals surface area (Å²) < 4.78 is 26.4. The van der Waals surface area contributed by atoms with E-state index in [9.17, 15) is 13.2 Å². The number of rotatable bonds is 8. The zero-order valence-electron chi connectivity index (χ0n) is 14.4. The molecule has 0 aliphatic heterocycles. The molecular formula is C18H27N3O3S. The molecule has 1 atom stereocenters. The lowest BCUT2D eigenvalue weighted by Crippen LogP contribution is -2.45. The van der Waals surface area contributed by atoms with Gasteiger partial charge in [0.25, 0.3) is 5.91 Å². The van der Waals surface area contributed by atoms with E-state index in [0.29, 0.717) is 18.0 Å². The summed E-state index contributed by atoms with van der Waals surface area (Å²) in [4.78, 5) is 12.6. The molecule has 0 radical (unpaired) electrons. The topological polar surface area (TPSA) is 101 Å². The van der Waals surface area contributed by atoms with Crippen LogP contribution in [0.2, 0.25) is 0 Å². The van der Waals surface area contributed by atoms with Crippen molar-refractivity contribution in [2.24, 2.45) is 11.7 Å². The molecule has 0 spiro atoms. The van der Waals surface area contributed by atoms with Gasteiger partial charge in [0.2, 0.25) is 10.0 Å². The zero-order valence-corrected chi connectivity index (χ0v) is 15.2. The molecule has 1 unspecified atom stereocenters. The van der Waals surface area contributed by atoms with Gasteiger partial charge < -0.3 is 11.1 Å². The fraction of sp³-hybridized carbons (Fsp3) is 0.500. The van der Waals surface area contributed by atoms with E-state index in [1.54, 1.807) is 0 Å². The second kappa shape index (κ2) is 9.12. The Bertz CT molecular complexity index is 680. The SMILES string of the molecule is C=CCNS(=O)(=O)c1ccc(C(=O)NC(CN)C2CCCCC2)cc1. The number of nitrogens with one attached hydrogen (secondary N) is 2. The fourth-order valence-corrected chi connectivity index (χ4v) is 4.19. The molecule has 2 rings (SSSR count). The van der Waals surface area contributed by atoms with Gasteiger partial charge in [-0.2, -0.15) is 0 Å². The van der Waals surface area contributed by atoms with Crippen LogP contribution >= 0.6 is 0 Å². The van der Waals surface area contributed by atoms with Crippen molar-refractivity contribution in [1.29, 1.82) is 0 Å². The second-order valence-electron chi connectivity index (χ2n) is 6.38. The molecule has 138 valence electrons. The Hall–Kier alpha value is -1.70. The second-order valence-corrected chi connectivity index (χ2v) is 8.15. The van der Waals surface area contributed by atoms with Crippen LogP contribution in [0.25, 0.3) is 0 Å². The molecule has 0 bridgehead atoms. The molecule has 1 fully saturated rings. The highest BCUT2D eigenvalue weighted by Gasteiger charge is 2.24. The first-order chi connectivity index (χ1) is 12.0. The maximum atomic E-state index is 12.4. The van der Waals surface area contributed by atoms with Crippen molar-refractivity contribution in [3.05, 3.63) is 42.5 Å². The number of amides is 1. The van der Waals surface area contributed by atoms with Gasteiger partial charge in [0.15, 0.2) is 0 Å². The van der Waals surface area contributed by atoms with E-state index in [0.717, 1.165) is 12.8 Å². The molecular weight excluding hydrogens is 338 g/mol. The average molecular weight is 365 g/mol. The summed E-state index contributed by atoms with van der Waals surface area (Å²) in [6.45, 7) is 4.05. The van der Waals surface area contributed by atoms with E-state index in [1.807, 2.05) is 0 Å². The molecule has 1 saturated carbocycles. The molecule has 7 heteroatoms. The molecule has 1 aromatic rings. The van der Waals surface area contributed by atoms with Crippen molar-refractivity contribution in [2.75, 3.05) is 13.1 Å². The lowest BCUT2D eigenvalue weighted by molar-refractivity contribution is 0.0915. The van der Waals surface area contributed by atoms with Crippen LogP contribution in [-0.4, -0.2) is 33.5 Å². The predicted octanol–water partition coefficient (Wildman–Crippen LogP) is 1.79. The van der Waals surface area contributed by atoms with Gasteiger partial charge in [0, 0.05) is 24.7 Å². The van der Waals surface area contributed by atoms with Crippen LogP contribution < -0.4 is 15.8 Å². The van der Waals surface area contributed by atoms with Crippen LogP contribution in [-0.2, 0) is 10.0 Å². The van der Waals surface area contributed by atoms with E-state index in [-0.39, 0.29) is 23.4 Å². The molecule has 25 heavy (non-hydrogen) atoms. The quantitative estimate of drug-likeness (QED) is 0.611. The third-order valence-electron chi connectivity index (χ3n) is 4.63. The van der Waals surface area contributed by atoms with Crippen LogP contribution in [0.1, 0.15) is 42.5 Å². The minimum absolute atomic E-state index is 0.0366. The number of sulfonamides is 1. The van der Waals surface area contributed by atoms with Crippen molar-refractivity contribution >= 4 is 15.9 Å². The van der Waals surface area contributed by atoms with Gasteiger partial charge >= 0.3 is 0 Å². The summed E-state index contributed by atoms with van der Waals surface area (Å²) in [5.41, 5.74) is 6.28. The molecule has 1 aliphatic carbocycles. The minimum Gasteiger partial charge on any atom is -0.348 e. The fourth-order valence-electron chi connectivity index (χ4n) is 3.19. The Morgan fingerprint density at radius 1 is 1.24 bits per heavy atom. The van der Waals surface area contributed by atoms with Crippen LogP contribution in [0.3, 0.4) is 0 Å². The number of nitrogens with two attached hydrogens (primary N) is 1. The Balaban J connectivity index is 2.03. The molecule has 1 amide bonds. The van der Waals surface area contributed by atoms with Crippen molar-refractivity contribution < 1.29 is 13.2 Å². The smallest absolute Gasteiger partial charge is 0.251 e.